The van der Waals surface area contributed by atoms with Gasteiger partial charge in [-0.2, -0.15) is 10.1 Å². The molecule has 0 aliphatic rings. The van der Waals surface area contributed by atoms with Crippen molar-refractivity contribution in [3.8, 4) is 0 Å². The van der Waals surface area contributed by atoms with E-state index in [-0.39, 0.29) is 11.4 Å². The van der Waals surface area contributed by atoms with Crippen molar-refractivity contribution < 1.29 is 8.78 Å². The van der Waals surface area contributed by atoms with Gasteiger partial charge in [-0.1, -0.05) is 26.8 Å². The molecule has 3 aromatic rings. The number of halogens is 2. The van der Waals surface area contributed by atoms with Crippen molar-refractivity contribution in [1.82, 2.24) is 25.1 Å². The minimum Gasteiger partial charge on any atom is -0.347 e. The number of anilines is 3. The quantitative estimate of drug-likeness (QED) is 0.624. The zero-order chi connectivity index (χ0) is 19.6. The van der Waals surface area contributed by atoms with Crippen molar-refractivity contribution in [2.45, 2.75) is 39.2 Å². The molecule has 0 aliphatic heterocycles. The van der Waals surface area contributed by atoms with Gasteiger partial charge in [0.2, 0.25) is 11.9 Å². The van der Waals surface area contributed by atoms with Gasteiger partial charge in [0.1, 0.15) is 18.0 Å². The van der Waals surface area contributed by atoms with Gasteiger partial charge in [0.25, 0.3) is 0 Å². The van der Waals surface area contributed by atoms with Crippen molar-refractivity contribution >= 4 is 17.7 Å². The molecule has 9 heteroatoms. The Hall–Kier alpha value is -3.10. The Kier molecular flexibility index (Phi) is 5.02. The molecular formula is C18H21F2N7. The molecule has 7 nitrogen and oxygen atoms in total. The van der Waals surface area contributed by atoms with Crippen LogP contribution in [-0.4, -0.2) is 25.1 Å². The molecule has 1 unspecified atom stereocenters. The van der Waals surface area contributed by atoms with E-state index in [1.807, 2.05) is 6.07 Å². The Morgan fingerprint density at radius 1 is 1.07 bits per heavy atom. The lowest BCUT2D eigenvalue weighted by molar-refractivity contribution is 0.565. The number of aromatic amines is 1. The number of hydrogen-bond donors (Lipinski definition) is 3. The molecule has 1 aromatic carbocycles. The first-order valence-electron chi connectivity index (χ1n) is 8.46. The van der Waals surface area contributed by atoms with Crippen LogP contribution in [-0.2, 0) is 5.41 Å². The maximum absolute atomic E-state index is 13.9. The Balaban J connectivity index is 1.72. The van der Waals surface area contributed by atoms with Crippen molar-refractivity contribution in [2.75, 3.05) is 10.6 Å². The fourth-order valence-corrected chi connectivity index (χ4v) is 2.43. The summed E-state index contributed by atoms with van der Waals surface area (Å²) in [6, 6.07) is 4.87. The fraction of sp³-hybridized carbons (Fsp3) is 0.333. The number of nitrogens with zero attached hydrogens (tertiary/aromatic N) is 4. The van der Waals surface area contributed by atoms with E-state index in [2.05, 4.69) is 56.6 Å². The van der Waals surface area contributed by atoms with Crippen LogP contribution in [0.2, 0.25) is 0 Å². The van der Waals surface area contributed by atoms with Crippen molar-refractivity contribution in [1.29, 1.82) is 0 Å². The molecule has 3 rings (SSSR count). The highest BCUT2D eigenvalue weighted by Gasteiger charge is 2.17. The molecule has 0 spiro atoms. The summed E-state index contributed by atoms with van der Waals surface area (Å²) in [7, 11) is 0. The lowest BCUT2D eigenvalue weighted by Gasteiger charge is -2.15. The Morgan fingerprint density at radius 3 is 2.48 bits per heavy atom. The summed E-state index contributed by atoms with van der Waals surface area (Å²) >= 11 is 0. The van der Waals surface area contributed by atoms with Gasteiger partial charge in [-0.25, -0.2) is 18.7 Å². The van der Waals surface area contributed by atoms with Gasteiger partial charge in [0.05, 0.1) is 6.04 Å². The van der Waals surface area contributed by atoms with Crippen LogP contribution < -0.4 is 10.6 Å². The number of benzene rings is 1. The van der Waals surface area contributed by atoms with Gasteiger partial charge in [0.15, 0.2) is 5.82 Å². The van der Waals surface area contributed by atoms with E-state index in [1.165, 1.54) is 18.5 Å². The number of aromatic nitrogens is 5. The number of H-pyrrole nitrogens is 1. The minimum absolute atomic E-state index is 0.0621. The Labute approximate surface area is 155 Å². The molecule has 0 saturated carbocycles. The summed E-state index contributed by atoms with van der Waals surface area (Å²) in [6.07, 6.45) is 1.34. The topological polar surface area (TPSA) is 91.4 Å². The zero-order valence-electron chi connectivity index (χ0n) is 15.5. The molecular weight excluding hydrogens is 352 g/mol. The third-order valence-corrected chi connectivity index (χ3v) is 3.97. The van der Waals surface area contributed by atoms with Crippen molar-refractivity contribution in [3.63, 3.8) is 0 Å². The third-order valence-electron chi connectivity index (χ3n) is 3.97. The number of rotatable bonds is 5. The first-order valence-corrected chi connectivity index (χ1v) is 8.46. The lowest BCUT2D eigenvalue weighted by Crippen LogP contribution is -2.12. The van der Waals surface area contributed by atoms with Crippen LogP contribution in [0.4, 0.5) is 26.5 Å². The minimum atomic E-state index is -0.631. The van der Waals surface area contributed by atoms with Crippen LogP contribution in [0.3, 0.4) is 0 Å². The smallest absolute Gasteiger partial charge is 0.233 e. The van der Waals surface area contributed by atoms with Gasteiger partial charge in [-0.15, -0.1) is 0 Å². The average Bonchev–Trinajstić information content (AvgIpc) is 3.04. The highest BCUT2D eigenvalue weighted by molar-refractivity contribution is 5.49. The maximum atomic E-state index is 13.9. The van der Waals surface area contributed by atoms with E-state index in [1.54, 1.807) is 6.92 Å². The molecule has 0 radical (unpaired) electrons. The molecule has 0 fully saturated rings. The maximum Gasteiger partial charge on any atom is 0.233 e. The summed E-state index contributed by atoms with van der Waals surface area (Å²) in [5.74, 6) is -0.117. The molecule has 0 bridgehead atoms. The fourth-order valence-electron chi connectivity index (χ4n) is 2.43. The molecule has 2 aromatic heterocycles. The number of nitrogens with one attached hydrogen (secondary N) is 3. The average molecular weight is 373 g/mol. The predicted octanol–water partition coefficient (Wildman–Crippen LogP) is 4.09. The van der Waals surface area contributed by atoms with E-state index >= 15 is 0 Å². The molecule has 0 amide bonds. The molecule has 142 valence electrons. The van der Waals surface area contributed by atoms with Crippen molar-refractivity contribution in [2.24, 2.45) is 0 Å². The second-order valence-corrected chi connectivity index (χ2v) is 7.21. The van der Waals surface area contributed by atoms with Gasteiger partial charge in [-0.05, 0) is 13.0 Å². The molecule has 3 N–H and O–H groups in total. The highest BCUT2D eigenvalue weighted by atomic mass is 19.1. The van der Waals surface area contributed by atoms with Crippen molar-refractivity contribution in [3.05, 3.63) is 53.5 Å². The molecule has 0 saturated heterocycles. The molecule has 0 aliphatic carbocycles. The SMILES string of the molecule is CC(Nc1ncnc(Nc2cc(C(C)(C)C)[nH]n2)n1)c1ccc(F)cc1F. The normalized spacial score (nSPS) is 12.7. The third kappa shape index (κ3) is 4.55. The zero-order valence-corrected chi connectivity index (χ0v) is 15.5. The van der Waals surface area contributed by atoms with Crippen LogP contribution >= 0.6 is 0 Å². The monoisotopic (exact) mass is 373 g/mol. The van der Waals surface area contributed by atoms with E-state index < -0.39 is 17.7 Å². The standard InChI is InChI=1S/C18H21F2N7/c1-10(12-6-5-11(19)7-13(12)20)23-16-21-9-22-17(25-16)24-15-8-14(26-27-15)18(2,3)4/h5-10H,1-4H3,(H3,21,22,23,24,25,26,27). The second kappa shape index (κ2) is 7.26. The van der Waals surface area contributed by atoms with Crippen LogP contribution in [0.1, 0.15) is 45.0 Å². The largest absolute Gasteiger partial charge is 0.347 e. The first-order chi connectivity index (χ1) is 12.7. The van der Waals surface area contributed by atoms with Gasteiger partial charge in [0, 0.05) is 28.8 Å². The van der Waals surface area contributed by atoms with E-state index in [0.717, 1.165) is 11.8 Å². The van der Waals surface area contributed by atoms with Gasteiger partial charge >= 0.3 is 0 Å². The van der Waals surface area contributed by atoms with E-state index in [4.69, 9.17) is 0 Å². The molecule has 2 heterocycles. The van der Waals surface area contributed by atoms with Crippen LogP contribution in [0.5, 0.6) is 0 Å². The summed E-state index contributed by atoms with van der Waals surface area (Å²) in [5, 5.41) is 13.1. The second-order valence-electron chi connectivity index (χ2n) is 7.21. The van der Waals surface area contributed by atoms with Crippen LogP contribution in [0, 0.1) is 11.6 Å². The Bertz CT molecular complexity index is 933. The van der Waals surface area contributed by atoms with Crippen LogP contribution in [0.15, 0.2) is 30.6 Å². The Morgan fingerprint density at radius 2 is 1.81 bits per heavy atom. The summed E-state index contributed by atoms with van der Waals surface area (Å²) < 4.78 is 27.0. The molecule has 27 heavy (non-hydrogen) atoms. The first kappa shape index (κ1) is 18.7. The molecule has 1 atom stereocenters. The lowest BCUT2D eigenvalue weighted by atomic mass is 9.92. The van der Waals surface area contributed by atoms with Gasteiger partial charge in [-0.3, -0.25) is 5.10 Å². The summed E-state index contributed by atoms with van der Waals surface area (Å²) in [6.45, 7) is 7.96. The van der Waals surface area contributed by atoms with Gasteiger partial charge < -0.3 is 10.6 Å². The number of hydrogen-bond acceptors (Lipinski definition) is 6. The summed E-state index contributed by atoms with van der Waals surface area (Å²) in [5.41, 5.74) is 1.22. The summed E-state index contributed by atoms with van der Waals surface area (Å²) in [4.78, 5) is 12.4. The van der Waals surface area contributed by atoms with E-state index in [0.29, 0.717) is 17.3 Å². The van der Waals surface area contributed by atoms with E-state index in [9.17, 15) is 8.78 Å². The van der Waals surface area contributed by atoms with Crippen LogP contribution in [0.25, 0.3) is 0 Å². The highest BCUT2D eigenvalue weighted by Crippen LogP contribution is 2.24. The predicted molar refractivity (Wildman–Crippen MR) is 98.8 cm³/mol.